The predicted molar refractivity (Wildman–Crippen MR) is 86.9 cm³/mol. The molecule has 0 N–H and O–H groups in total. The first kappa shape index (κ1) is 13.8. The Kier molecular flexibility index (Phi) is 3.46. The van der Waals surface area contributed by atoms with Crippen molar-refractivity contribution in [3.63, 3.8) is 0 Å². The topological polar surface area (TPSA) is 4.93 Å². The second-order valence-electron chi connectivity index (χ2n) is 7.32. The molecule has 1 aromatic carbocycles. The molecule has 1 nitrogen and oxygen atoms in total. The summed E-state index contributed by atoms with van der Waals surface area (Å²) in [7, 11) is 0.190. The van der Waals surface area contributed by atoms with E-state index >= 15 is 0 Å². The van der Waals surface area contributed by atoms with E-state index in [1.54, 1.807) is 5.05 Å². The molecule has 0 fully saturated rings. The number of benzene rings is 1. The van der Waals surface area contributed by atoms with Gasteiger partial charge in [-0.25, -0.2) is 0 Å². The molecule has 3 heteroatoms. The molecule has 1 aromatic heterocycles. The van der Waals surface area contributed by atoms with Gasteiger partial charge in [-0.1, -0.05) is 52.5 Å². The van der Waals surface area contributed by atoms with Crippen molar-refractivity contribution in [1.29, 1.82) is 0 Å². The molecule has 98 valence electrons. The zero-order chi connectivity index (χ0) is 13.6. The van der Waals surface area contributed by atoms with E-state index in [4.69, 9.17) is 0 Å². The van der Waals surface area contributed by atoms with Crippen LogP contribution in [0.5, 0.6) is 0 Å². The highest BCUT2D eigenvalue weighted by atomic mass is 31.0. The van der Waals surface area contributed by atoms with Crippen molar-refractivity contribution in [2.45, 2.75) is 47.0 Å². The molecule has 18 heavy (non-hydrogen) atoms. The number of rotatable bonds is 2. The van der Waals surface area contributed by atoms with Crippen LogP contribution >= 0.6 is 8.19 Å². The van der Waals surface area contributed by atoms with Crippen molar-refractivity contribution in [2.24, 2.45) is 5.41 Å². The Morgan fingerprint density at radius 3 is 2.28 bits per heavy atom. The Hall–Kier alpha value is -0.593. The van der Waals surface area contributed by atoms with E-state index < -0.39 is 8.07 Å². The fraction of sp³-hybridized carbons (Fsp3) is 0.533. The average Bonchev–Trinajstić information content (AvgIpc) is 2.55. The van der Waals surface area contributed by atoms with Crippen molar-refractivity contribution >= 4 is 32.0 Å². The minimum atomic E-state index is -1.25. The van der Waals surface area contributed by atoms with Crippen molar-refractivity contribution in [3.8, 4) is 0 Å². The lowest BCUT2D eigenvalue weighted by atomic mass is 9.97. The second-order valence-corrected chi connectivity index (χ2v) is 13.8. The molecule has 0 spiro atoms. The molecule has 0 radical (unpaired) electrons. The largest absolute Gasteiger partial charge is 0.344 e. The fourth-order valence-electron chi connectivity index (χ4n) is 2.28. The number of hydrogen-bond acceptors (Lipinski definition) is 0. The van der Waals surface area contributed by atoms with Gasteiger partial charge in [0, 0.05) is 16.7 Å². The van der Waals surface area contributed by atoms with Crippen LogP contribution in [0.4, 0.5) is 0 Å². The molecule has 0 aliphatic heterocycles. The van der Waals surface area contributed by atoms with Gasteiger partial charge in [-0.15, -0.1) is 0 Å². The summed E-state index contributed by atoms with van der Waals surface area (Å²) >= 11 is 0. The maximum atomic E-state index is 2.60. The van der Waals surface area contributed by atoms with Crippen LogP contribution in [0.25, 0.3) is 10.6 Å². The van der Waals surface area contributed by atoms with Crippen LogP contribution in [0.3, 0.4) is 0 Å². The number of fused-ring (bicyclic) bond motifs is 1. The van der Waals surface area contributed by atoms with E-state index in [1.165, 1.54) is 18.8 Å². The third kappa shape index (κ3) is 2.87. The van der Waals surface area contributed by atoms with E-state index in [2.05, 4.69) is 69.2 Å². The Labute approximate surface area is 113 Å². The van der Waals surface area contributed by atoms with Crippen LogP contribution in [-0.2, 0) is 6.54 Å². The minimum absolute atomic E-state index is 0.331. The molecule has 0 amide bonds. The molecule has 1 heterocycles. The molecule has 0 saturated carbocycles. The molecule has 2 rings (SSSR count). The second kappa shape index (κ2) is 4.50. The van der Waals surface area contributed by atoms with Gasteiger partial charge in [-0.2, -0.15) is 0 Å². The van der Waals surface area contributed by atoms with Crippen LogP contribution in [0.2, 0.25) is 19.6 Å². The fourth-order valence-corrected chi connectivity index (χ4v) is 5.99. The summed E-state index contributed by atoms with van der Waals surface area (Å²) in [4.78, 5) is 0. The third-order valence-electron chi connectivity index (χ3n) is 2.96. The molecule has 0 unspecified atom stereocenters. The van der Waals surface area contributed by atoms with Gasteiger partial charge >= 0.3 is 0 Å². The SMILES string of the molecule is CC(C)(C)Cn1c([Si](C)(C)C)pc2ccccc21. The number of hydrogen-bond donors (Lipinski definition) is 0. The molecular formula is C15H24NPSi. The highest BCUT2D eigenvalue weighted by molar-refractivity contribution is 7.46. The summed E-state index contributed by atoms with van der Waals surface area (Å²) in [6.07, 6.45) is 0. The zero-order valence-electron chi connectivity index (χ0n) is 12.4. The van der Waals surface area contributed by atoms with Crippen molar-refractivity contribution in [2.75, 3.05) is 0 Å². The molecule has 2 aromatic rings. The van der Waals surface area contributed by atoms with Gasteiger partial charge in [-0.05, 0) is 25.7 Å². The molecule has 0 saturated heterocycles. The summed E-state index contributed by atoms with van der Waals surface area (Å²) in [6.45, 7) is 15.5. The Morgan fingerprint density at radius 1 is 1.11 bits per heavy atom. The normalized spacial score (nSPS) is 13.7. The molecule has 0 bridgehead atoms. The highest BCUT2D eigenvalue weighted by Crippen LogP contribution is 2.29. The molecule has 0 atom stereocenters. The van der Waals surface area contributed by atoms with Gasteiger partial charge in [0.2, 0.25) is 0 Å². The van der Waals surface area contributed by atoms with Crippen molar-refractivity contribution in [1.82, 2.24) is 4.57 Å². The molecule has 0 aliphatic rings. The number of nitrogens with zero attached hydrogens (tertiary/aromatic N) is 1. The molecule has 0 aliphatic carbocycles. The van der Waals surface area contributed by atoms with Gasteiger partial charge in [0.15, 0.2) is 0 Å². The maximum Gasteiger partial charge on any atom is 0.105 e. The van der Waals surface area contributed by atoms with Crippen LogP contribution in [0.1, 0.15) is 20.8 Å². The summed E-state index contributed by atoms with van der Waals surface area (Å²) in [5, 5.41) is 3.15. The van der Waals surface area contributed by atoms with Crippen LogP contribution in [-0.4, -0.2) is 12.6 Å². The predicted octanol–water partition coefficient (Wildman–Crippen LogP) is 4.81. The summed E-state index contributed by atoms with van der Waals surface area (Å²) in [5.74, 6) is 0. The standard InChI is InChI=1S/C15H24NPSi/c1-15(2,3)11-16-12-9-7-8-10-13(12)17-14(16)18(4,5)6/h7-10H,11H2,1-6H3. The smallest absolute Gasteiger partial charge is 0.105 e. The summed E-state index contributed by atoms with van der Waals surface area (Å²) in [5.41, 5.74) is 1.77. The van der Waals surface area contributed by atoms with E-state index in [-0.39, 0.29) is 0 Å². The Morgan fingerprint density at radius 2 is 1.72 bits per heavy atom. The first-order valence-corrected chi connectivity index (χ1v) is 11.0. The van der Waals surface area contributed by atoms with Gasteiger partial charge < -0.3 is 4.57 Å². The van der Waals surface area contributed by atoms with Crippen LogP contribution in [0, 0.1) is 5.41 Å². The third-order valence-corrected chi connectivity index (χ3v) is 7.99. The number of aromatic nitrogens is 1. The quantitative estimate of drug-likeness (QED) is 0.694. The van der Waals surface area contributed by atoms with Gasteiger partial charge in [0.05, 0.1) is 5.52 Å². The van der Waals surface area contributed by atoms with E-state index in [0.29, 0.717) is 5.41 Å². The first-order valence-electron chi connectivity index (χ1n) is 6.64. The lowest BCUT2D eigenvalue weighted by Gasteiger charge is -2.26. The Bertz CT molecular complexity index is 558. The van der Waals surface area contributed by atoms with Crippen molar-refractivity contribution < 1.29 is 0 Å². The van der Waals surface area contributed by atoms with Gasteiger partial charge in [0.1, 0.15) is 8.07 Å². The minimum Gasteiger partial charge on any atom is -0.344 e. The van der Waals surface area contributed by atoms with Crippen molar-refractivity contribution in [3.05, 3.63) is 24.3 Å². The van der Waals surface area contributed by atoms with Crippen LogP contribution < -0.4 is 5.05 Å². The first-order chi connectivity index (χ1) is 8.18. The molecular weight excluding hydrogens is 253 g/mol. The van der Waals surface area contributed by atoms with Crippen LogP contribution in [0.15, 0.2) is 24.3 Å². The zero-order valence-corrected chi connectivity index (χ0v) is 14.3. The van der Waals surface area contributed by atoms with E-state index in [9.17, 15) is 0 Å². The summed E-state index contributed by atoms with van der Waals surface area (Å²) < 4.78 is 2.60. The maximum absolute atomic E-state index is 2.60. The lowest BCUT2D eigenvalue weighted by molar-refractivity contribution is 0.353. The highest BCUT2D eigenvalue weighted by Gasteiger charge is 2.25. The Balaban J connectivity index is 2.66. The van der Waals surface area contributed by atoms with Gasteiger partial charge in [0.25, 0.3) is 0 Å². The van der Waals surface area contributed by atoms with E-state index in [1.807, 2.05) is 0 Å². The lowest BCUT2D eigenvalue weighted by Crippen LogP contribution is -2.42. The van der Waals surface area contributed by atoms with Gasteiger partial charge in [-0.3, -0.25) is 0 Å². The summed E-state index contributed by atoms with van der Waals surface area (Å²) in [6, 6.07) is 8.88. The monoisotopic (exact) mass is 277 g/mol. The van der Waals surface area contributed by atoms with E-state index in [0.717, 1.165) is 6.54 Å². The number of para-hydroxylation sites is 1. The average molecular weight is 277 g/mol.